The number of esters is 1. The summed E-state index contributed by atoms with van der Waals surface area (Å²) in [7, 11) is 1.35. The summed E-state index contributed by atoms with van der Waals surface area (Å²) in [4.78, 5) is 12.9. The van der Waals surface area contributed by atoms with Crippen molar-refractivity contribution in [2.24, 2.45) is 0 Å². The van der Waals surface area contributed by atoms with Crippen molar-refractivity contribution in [1.82, 2.24) is 0 Å². The van der Waals surface area contributed by atoms with E-state index in [0.717, 1.165) is 10.6 Å². The number of carbonyl (C=O) groups is 1. The minimum absolute atomic E-state index is 0.415. The van der Waals surface area contributed by atoms with Gasteiger partial charge >= 0.3 is 5.97 Å². The van der Waals surface area contributed by atoms with Gasteiger partial charge in [-0.05, 0) is 30.5 Å². The van der Waals surface area contributed by atoms with Crippen molar-refractivity contribution >= 4 is 34.8 Å². The summed E-state index contributed by atoms with van der Waals surface area (Å²) in [5.74, 6) is -0.415. The van der Waals surface area contributed by atoms with Crippen molar-refractivity contribution in [3.05, 3.63) is 48.0 Å². The van der Waals surface area contributed by atoms with Crippen LogP contribution in [0.2, 0.25) is 0 Å². The quantitative estimate of drug-likeness (QED) is 0.512. The van der Waals surface area contributed by atoms with Crippen molar-refractivity contribution in [2.45, 2.75) is 4.90 Å². The van der Waals surface area contributed by atoms with Crippen molar-refractivity contribution in [1.29, 1.82) is 0 Å². The van der Waals surface area contributed by atoms with Crippen molar-refractivity contribution in [3.8, 4) is 0 Å². The zero-order valence-electron chi connectivity index (χ0n) is 11.3. The van der Waals surface area contributed by atoms with Crippen LogP contribution >= 0.6 is 11.8 Å². The smallest absolute Gasteiger partial charge is 0.340 e. The number of thioether (sulfide) groups is 1. The highest BCUT2D eigenvalue weighted by Gasteiger charge is 2.15. The molecule has 0 fully saturated rings. The summed E-state index contributed by atoms with van der Waals surface area (Å²) < 4.78 is 4.79. The Morgan fingerprint density at radius 2 is 1.95 bits per heavy atom. The molecule has 0 unspecified atom stereocenters. The number of benzene rings is 2. The van der Waals surface area contributed by atoms with E-state index in [0.29, 0.717) is 16.9 Å². The van der Waals surface area contributed by atoms with Crippen molar-refractivity contribution < 1.29 is 9.53 Å². The lowest BCUT2D eigenvalue weighted by Gasteiger charge is -2.15. The normalized spacial score (nSPS) is 10.1. The Morgan fingerprint density at radius 3 is 2.65 bits per heavy atom. The number of ether oxygens (including phenoxy) is 1. The predicted octanol–water partition coefficient (Wildman–Crippen LogP) is 3.52. The van der Waals surface area contributed by atoms with E-state index in [2.05, 4.69) is 5.32 Å². The molecule has 2 aromatic rings. The van der Waals surface area contributed by atoms with E-state index >= 15 is 0 Å². The SMILES string of the molecule is COC(=O)c1cccc(N)c1Nc1ccccc1SC. The zero-order valence-corrected chi connectivity index (χ0v) is 12.2. The molecule has 104 valence electrons. The van der Waals surface area contributed by atoms with Crippen LogP contribution < -0.4 is 11.1 Å². The Morgan fingerprint density at radius 1 is 1.20 bits per heavy atom. The molecule has 0 bridgehead atoms. The van der Waals surface area contributed by atoms with Gasteiger partial charge in [-0.1, -0.05) is 18.2 Å². The lowest BCUT2D eigenvalue weighted by atomic mass is 10.1. The van der Waals surface area contributed by atoms with Crippen LogP contribution in [0.3, 0.4) is 0 Å². The number of nitrogen functional groups attached to an aromatic ring is 1. The predicted molar refractivity (Wildman–Crippen MR) is 83.7 cm³/mol. The van der Waals surface area contributed by atoms with Gasteiger partial charge in [0.15, 0.2) is 0 Å². The fourth-order valence-corrected chi connectivity index (χ4v) is 2.43. The van der Waals surface area contributed by atoms with Crippen molar-refractivity contribution in [3.63, 3.8) is 0 Å². The zero-order chi connectivity index (χ0) is 14.5. The molecule has 5 heteroatoms. The average molecular weight is 288 g/mol. The first-order valence-electron chi connectivity index (χ1n) is 6.04. The van der Waals surface area contributed by atoms with E-state index < -0.39 is 5.97 Å². The number of nitrogens with one attached hydrogen (secondary N) is 1. The highest BCUT2D eigenvalue weighted by Crippen LogP contribution is 2.32. The summed E-state index contributed by atoms with van der Waals surface area (Å²) in [5.41, 5.74) is 8.38. The number of para-hydroxylation sites is 2. The molecule has 0 radical (unpaired) electrons. The molecule has 0 aromatic heterocycles. The van der Waals surface area contributed by atoms with E-state index in [4.69, 9.17) is 10.5 Å². The molecular formula is C15H16N2O2S. The fourth-order valence-electron chi connectivity index (χ4n) is 1.87. The highest BCUT2D eigenvalue weighted by atomic mass is 32.2. The number of hydrogen-bond acceptors (Lipinski definition) is 5. The van der Waals surface area contributed by atoms with Crippen LogP contribution in [0.4, 0.5) is 17.1 Å². The Kier molecular flexibility index (Phi) is 4.53. The standard InChI is InChI=1S/C15H16N2O2S/c1-19-15(18)10-6-5-7-11(16)14(10)17-12-8-3-4-9-13(12)20-2/h3-9,17H,16H2,1-2H3. The molecule has 0 aliphatic heterocycles. The second kappa shape index (κ2) is 6.34. The summed E-state index contributed by atoms with van der Waals surface area (Å²) in [6.45, 7) is 0. The molecule has 0 heterocycles. The second-order valence-corrected chi connectivity index (χ2v) is 4.93. The molecule has 0 saturated carbocycles. The van der Waals surface area contributed by atoms with Crippen molar-refractivity contribution in [2.75, 3.05) is 24.4 Å². The Bertz CT molecular complexity index is 629. The molecule has 0 aliphatic rings. The number of carbonyl (C=O) groups excluding carboxylic acids is 1. The van der Waals surface area contributed by atoms with E-state index in [1.165, 1.54) is 7.11 Å². The molecule has 0 atom stereocenters. The number of anilines is 3. The average Bonchev–Trinajstić information content (AvgIpc) is 2.49. The van der Waals surface area contributed by atoms with Crippen LogP contribution in [-0.4, -0.2) is 19.3 Å². The van der Waals surface area contributed by atoms with Gasteiger partial charge < -0.3 is 15.8 Å². The molecule has 20 heavy (non-hydrogen) atoms. The number of nitrogens with two attached hydrogens (primary N) is 1. The van der Waals surface area contributed by atoms with Gasteiger partial charge in [-0.25, -0.2) is 4.79 Å². The molecule has 2 rings (SSSR count). The number of methoxy groups -OCH3 is 1. The summed E-state index contributed by atoms with van der Waals surface area (Å²) >= 11 is 1.62. The van der Waals surface area contributed by atoms with Crippen LogP contribution in [0, 0.1) is 0 Å². The molecular weight excluding hydrogens is 272 g/mol. The fraction of sp³-hybridized carbons (Fsp3) is 0.133. The van der Waals surface area contributed by atoms with Crippen LogP contribution in [0.25, 0.3) is 0 Å². The van der Waals surface area contributed by atoms with Gasteiger partial charge in [-0.2, -0.15) is 0 Å². The Hall–Kier alpha value is -2.14. The van der Waals surface area contributed by atoms with Gasteiger partial charge in [0.05, 0.1) is 29.7 Å². The summed E-state index contributed by atoms with van der Waals surface area (Å²) in [6, 6.07) is 13.0. The number of rotatable bonds is 4. The molecule has 4 nitrogen and oxygen atoms in total. The first kappa shape index (κ1) is 14.3. The van der Waals surface area contributed by atoms with Gasteiger partial charge in [0.25, 0.3) is 0 Å². The molecule has 0 saturated heterocycles. The van der Waals surface area contributed by atoms with E-state index in [1.54, 1.807) is 30.0 Å². The summed E-state index contributed by atoms with van der Waals surface area (Å²) in [6.07, 6.45) is 2.00. The molecule has 0 aliphatic carbocycles. The van der Waals surface area contributed by atoms with E-state index in [-0.39, 0.29) is 0 Å². The number of hydrogen-bond donors (Lipinski definition) is 2. The third-order valence-corrected chi connectivity index (χ3v) is 3.66. The van der Waals surface area contributed by atoms with Crippen LogP contribution in [0.1, 0.15) is 10.4 Å². The maximum absolute atomic E-state index is 11.8. The topological polar surface area (TPSA) is 64.3 Å². The minimum atomic E-state index is -0.415. The Balaban J connectivity index is 2.45. The largest absolute Gasteiger partial charge is 0.465 e. The monoisotopic (exact) mass is 288 g/mol. The van der Waals surface area contributed by atoms with Gasteiger partial charge in [0, 0.05) is 4.90 Å². The van der Waals surface area contributed by atoms with Gasteiger partial charge in [0.2, 0.25) is 0 Å². The van der Waals surface area contributed by atoms with Gasteiger partial charge in [-0.3, -0.25) is 0 Å². The Labute approximate surface area is 122 Å². The van der Waals surface area contributed by atoms with Crippen LogP contribution in [0.5, 0.6) is 0 Å². The van der Waals surface area contributed by atoms with Gasteiger partial charge in [0.1, 0.15) is 0 Å². The molecule has 0 amide bonds. The molecule has 2 aromatic carbocycles. The minimum Gasteiger partial charge on any atom is -0.465 e. The first-order chi connectivity index (χ1) is 9.67. The maximum atomic E-state index is 11.8. The van der Waals surface area contributed by atoms with E-state index in [9.17, 15) is 4.79 Å². The van der Waals surface area contributed by atoms with E-state index in [1.807, 2.05) is 30.5 Å². The van der Waals surface area contributed by atoms with Crippen LogP contribution in [-0.2, 0) is 4.74 Å². The third kappa shape index (κ3) is 2.88. The lowest BCUT2D eigenvalue weighted by molar-refractivity contribution is 0.0602. The third-order valence-electron chi connectivity index (χ3n) is 2.87. The molecule has 3 N–H and O–H groups in total. The van der Waals surface area contributed by atoms with Gasteiger partial charge in [-0.15, -0.1) is 11.8 Å². The molecule has 0 spiro atoms. The second-order valence-electron chi connectivity index (χ2n) is 4.09. The first-order valence-corrected chi connectivity index (χ1v) is 7.26. The lowest BCUT2D eigenvalue weighted by Crippen LogP contribution is -2.08. The highest BCUT2D eigenvalue weighted by molar-refractivity contribution is 7.98. The summed E-state index contributed by atoms with van der Waals surface area (Å²) in [5, 5.41) is 3.23. The maximum Gasteiger partial charge on any atom is 0.340 e. The van der Waals surface area contributed by atoms with Crippen LogP contribution in [0.15, 0.2) is 47.4 Å².